The van der Waals surface area contributed by atoms with E-state index in [0.29, 0.717) is 5.92 Å². The summed E-state index contributed by atoms with van der Waals surface area (Å²) in [6, 6.07) is 0. The molecular weight excluding hydrogens is 386 g/mol. The number of hydrogen-bond acceptors (Lipinski definition) is 4. The topological polar surface area (TPSA) is 42.3 Å². The van der Waals surface area contributed by atoms with Gasteiger partial charge in [-0.1, -0.05) is 0 Å². The molecule has 1 saturated carbocycles. The van der Waals surface area contributed by atoms with E-state index in [0.717, 1.165) is 75.3 Å². The van der Waals surface area contributed by atoms with Crippen LogP contribution in [0, 0.1) is 5.41 Å². The Kier molecular flexibility index (Phi) is 6.01. The van der Waals surface area contributed by atoms with E-state index in [-0.39, 0.29) is 24.0 Å². The van der Waals surface area contributed by atoms with E-state index < -0.39 is 5.92 Å². The van der Waals surface area contributed by atoms with Crippen LogP contribution in [0.1, 0.15) is 75.2 Å². The minimum Gasteiger partial charge on any atom is -0.375 e. The second-order valence-corrected chi connectivity index (χ2v) is 10.7. The number of fused-ring (bicyclic) bond motifs is 1. The number of alkyl halides is 2. The third kappa shape index (κ3) is 4.58. The van der Waals surface area contributed by atoms with Gasteiger partial charge in [-0.2, -0.15) is 5.10 Å². The number of aromatic nitrogens is 2. The van der Waals surface area contributed by atoms with E-state index in [4.69, 9.17) is 4.74 Å². The Hall–Kier alpha value is -1.05. The van der Waals surface area contributed by atoms with Gasteiger partial charge in [-0.3, -0.25) is 9.58 Å². The highest BCUT2D eigenvalue weighted by molar-refractivity contribution is 5.34. The Labute approximate surface area is 179 Å². The van der Waals surface area contributed by atoms with Crippen molar-refractivity contribution < 1.29 is 13.5 Å². The van der Waals surface area contributed by atoms with Crippen molar-refractivity contribution in [2.75, 3.05) is 33.8 Å². The highest BCUT2D eigenvalue weighted by Gasteiger charge is 2.45. The van der Waals surface area contributed by atoms with Gasteiger partial charge in [0.05, 0.1) is 24.3 Å². The van der Waals surface area contributed by atoms with Gasteiger partial charge in [0, 0.05) is 30.9 Å². The Bertz CT molecular complexity index is 741. The summed E-state index contributed by atoms with van der Waals surface area (Å²) in [5.74, 6) is -2.32. The molecule has 3 aliphatic rings. The lowest BCUT2D eigenvalue weighted by Crippen LogP contribution is -2.42. The molecule has 4 rings (SSSR count). The molecule has 0 atom stereocenters. The SMILES string of the molecule is CNCCN(C)Cc1nn2c(c1[C@H]1CC[C@]3(CCC(C)(C)OC3)CC1)CC(F)(F)C2. The Balaban J connectivity index is 1.50. The van der Waals surface area contributed by atoms with Crippen LogP contribution in [0.4, 0.5) is 8.78 Å². The molecular formula is C23H38F2N4O. The minimum absolute atomic E-state index is 0.00809. The van der Waals surface area contributed by atoms with E-state index in [9.17, 15) is 8.78 Å². The molecule has 0 bridgehead atoms. The lowest BCUT2D eigenvalue weighted by molar-refractivity contribution is -0.125. The standard InChI is InChI=1S/C23H38F2N4O/c1-21(2)9-10-22(16-30-21)7-5-17(6-8-22)20-18(14-28(4)12-11-26-3)27-29-15-23(24,25)13-19(20)29/h17,26H,5-16H2,1-4H3/t17-,22+. The molecule has 5 nitrogen and oxygen atoms in total. The van der Waals surface area contributed by atoms with Crippen LogP contribution in [0.3, 0.4) is 0 Å². The number of hydrogen-bond donors (Lipinski definition) is 1. The molecule has 0 unspecified atom stereocenters. The Morgan fingerprint density at radius 1 is 1.20 bits per heavy atom. The molecule has 170 valence electrons. The van der Waals surface area contributed by atoms with Gasteiger partial charge < -0.3 is 10.1 Å². The first kappa shape index (κ1) is 22.2. The normalized spacial score (nSPS) is 30.2. The quantitative estimate of drug-likeness (QED) is 0.751. The molecule has 3 heterocycles. The van der Waals surface area contributed by atoms with Crippen molar-refractivity contribution in [2.45, 2.75) is 89.3 Å². The third-order valence-electron chi connectivity index (χ3n) is 7.63. The zero-order chi connectivity index (χ0) is 21.6. The monoisotopic (exact) mass is 424 g/mol. The fourth-order valence-corrected chi connectivity index (χ4v) is 5.60. The average Bonchev–Trinajstić information content (AvgIpc) is 3.14. The summed E-state index contributed by atoms with van der Waals surface area (Å²) in [6.07, 6.45) is 6.54. The first-order valence-corrected chi connectivity index (χ1v) is 11.6. The van der Waals surface area contributed by atoms with Gasteiger partial charge in [0.25, 0.3) is 5.92 Å². The average molecular weight is 425 g/mol. The summed E-state index contributed by atoms with van der Waals surface area (Å²) >= 11 is 0. The lowest BCUT2D eigenvalue weighted by Gasteiger charge is -2.47. The van der Waals surface area contributed by atoms with Crippen molar-refractivity contribution in [1.29, 1.82) is 0 Å². The summed E-state index contributed by atoms with van der Waals surface area (Å²) < 4.78 is 36.1. The summed E-state index contributed by atoms with van der Waals surface area (Å²) in [5, 5.41) is 7.85. The molecule has 7 heteroatoms. The molecule has 0 amide bonds. The third-order valence-corrected chi connectivity index (χ3v) is 7.63. The van der Waals surface area contributed by atoms with Crippen LogP contribution >= 0.6 is 0 Å². The van der Waals surface area contributed by atoms with Gasteiger partial charge in [0.2, 0.25) is 0 Å². The fourth-order valence-electron chi connectivity index (χ4n) is 5.60. The highest BCUT2D eigenvalue weighted by Crippen LogP contribution is 2.51. The summed E-state index contributed by atoms with van der Waals surface area (Å²) in [4.78, 5) is 2.23. The van der Waals surface area contributed by atoms with Crippen molar-refractivity contribution in [2.24, 2.45) is 5.41 Å². The van der Waals surface area contributed by atoms with Gasteiger partial charge >= 0.3 is 0 Å². The van der Waals surface area contributed by atoms with Crippen LogP contribution in [0.25, 0.3) is 0 Å². The van der Waals surface area contributed by atoms with E-state index in [1.54, 1.807) is 4.68 Å². The van der Waals surface area contributed by atoms with Gasteiger partial charge in [-0.15, -0.1) is 0 Å². The van der Waals surface area contributed by atoms with Crippen molar-refractivity contribution in [3.8, 4) is 0 Å². The van der Waals surface area contributed by atoms with Crippen molar-refractivity contribution in [1.82, 2.24) is 20.0 Å². The van der Waals surface area contributed by atoms with E-state index in [1.165, 1.54) is 6.42 Å². The lowest BCUT2D eigenvalue weighted by atomic mass is 9.65. The first-order valence-electron chi connectivity index (χ1n) is 11.6. The maximum Gasteiger partial charge on any atom is 0.272 e. The van der Waals surface area contributed by atoms with Crippen LogP contribution in [0.2, 0.25) is 0 Å². The molecule has 30 heavy (non-hydrogen) atoms. The summed E-state index contributed by atoms with van der Waals surface area (Å²) in [7, 11) is 4.03. The van der Waals surface area contributed by atoms with Crippen molar-refractivity contribution >= 4 is 0 Å². The van der Waals surface area contributed by atoms with Crippen molar-refractivity contribution in [3.63, 3.8) is 0 Å². The van der Waals surface area contributed by atoms with Crippen LogP contribution in [-0.2, 0) is 24.2 Å². The predicted octanol–water partition coefficient (Wildman–Crippen LogP) is 3.96. The number of rotatable bonds is 6. The number of nitrogens with one attached hydrogen (secondary N) is 1. The van der Waals surface area contributed by atoms with Gasteiger partial charge in [-0.05, 0) is 77.8 Å². The molecule has 0 aromatic carbocycles. The van der Waals surface area contributed by atoms with Crippen LogP contribution in [0.5, 0.6) is 0 Å². The summed E-state index contributed by atoms with van der Waals surface area (Å²) in [5.41, 5.74) is 3.22. The predicted molar refractivity (Wildman–Crippen MR) is 114 cm³/mol. The van der Waals surface area contributed by atoms with Gasteiger partial charge in [0.1, 0.15) is 6.54 Å². The molecule has 2 fully saturated rings. The molecule has 1 N–H and O–H groups in total. The molecule has 0 radical (unpaired) electrons. The summed E-state index contributed by atoms with van der Waals surface area (Å²) in [6.45, 7) is 7.47. The fraction of sp³-hybridized carbons (Fsp3) is 0.870. The molecule has 1 spiro atoms. The number of halogens is 2. The molecule has 1 aliphatic carbocycles. The second kappa shape index (κ2) is 8.14. The molecule has 1 aromatic rings. The molecule has 1 saturated heterocycles. The zero-order valence-corrected chi connectivity index (χ0v) is 19.1. The number of ether oxygens (including phenoxy) is 1. The largest absolute Gasteiger partial charge is 0.375 e. The van der Waals surface area contributed by atoms with E-state index in [1.807, 2.05) is 7.05 Å². The Morgan fingerprint density at radius 2 is 1.93 bits per heavy atom. The second-order valence-electron chi connectivity index (χ2n) is 10.7. The first-order chi connectivity index (χ1) is 14.1. The number of likely N-dealkylation sites (N-methyl/N-ethyl adjacent to an activating group) is 2. The maximum atomic E-state index is 14.1. The van der Waals surface area contributed by atoms with Crippen LogP contribution < -0.4 is 5.32 Å². The highest BCUT2D eigenvalue weighted by atomic mass is 19.3. The van der Waals surface area contributed by atoms with Crippen LogP contribution in [0.15, 0.2) is 0 Å². The minimum atomic E-state index is -2.66. The zero-order valence-electron chi connectivity index (χ0n) is 19.1. The van der Waals surface area contributed by atoms with Crippen molar-refractivity contribution in [3.05, 3.63) is 17.0 Å². The smallest absolute Gasteiger partial charge is 0.272 e. The van der Waals surface area contributed by atoms with Gasteiger partial charge in [-0.25, -0.2) is 8.78 Å². The van der Waals surface area contributed by atoms with Crippen LogP contribution in [-0.4, -0.2) is 60.0 Å². The number of nitrogens with zero attached hydrogens (tertiary/aromatic N) is 3. The molecule has 1 aromatic heterocycles. The Morgan fingerprint density at radius 3 is 2.57 bits per heavy atom. The van der Waals surface area contributed by atoms with E-state index in [2.05, 4.69) is 36.2 Å². The van der Waals surface area contributed by atoms with Gasteiger partial charge in [0.15, 0.2) is 0 Å². The van der Waals surface area contributed by atoms with E-state index >= 15 is 0 Å². The maximum absolute atomic E-state index is 14.1. The molecule has 2 aliphatic heterocycles.